The molecule has 29 heavy (non-hydrogen) atoms. The molecule has 7 atom stereocenters. The number of carbonyl (C=O) groups is 1. The maximum absolute atomic E-state index is 11.9. The average molecular weight is 391 g/mol. The minimum absolute atomic E-state index is 0.101. The van der Waals surface area contributed by atoms with Crippen LogP contribution in [-0.4, -0.2) is 16.9 Å². The van der Waals surface area contributed by atoms with E-state index in [1.165, 1.54) is 37.7 Å². The van der Waals surface area contributed by atoms with E-state index in [-0.39, 0.29) is 11.3 Å². The number of carbonyl (C=O) groups excluding carboxylic acids is 1. The van der Waals surface area contributed by atoms with E-state index in [0.717, 1.165) is 18.3 Å². The lowest BCUT2D eigenvalue weighted by Crippen LogP contribution is -2.59. The maximum Gasteiger partial charge on any atom is 0.243 e. The fourth-order valence-electron chi connectivity index (χ4n) is 7.90. The molecule has 3 aliphatic carbocycles. The summed E-state index contributed by atoms with van der Waals surface area (Å²) in [5, 5.41) is 3.28. The zero-order chi connectivity index (χ0) is 20.2. The fraction of sp³-hybridized carbons (Fsp3) is 0.615. The van der Waals surface area contributed by atoms with Crippen LogP contribution in [0.3, 0.4) is 0 Å². The van der Waals surface area contributed by atoms with Crippen LogP contribution in [0.15, 0.2) is 42.3 Å². The average Bonchev–Trinajstić information content (AvgIpc) is 3.06. The molecule has 1 aromatic rings. The van der Waals surface area contributed by atoms with Crippen LogP contribution in [0.5, 0.6) is 0 Å². The third-order valence-electron chi connectivity index (χ3n) is 9.34. The molecule has 0 aromatic carbocycles. The number of rotatable bonds is 2. The molecule has 1 N–H and O–H groups in total. The summed E-state index contributed by atoms with van der Waals surface area (Å²) in [6, 6.07) is 4.55. The van der Waals surface area contributed by atoms with Crippen LogP contribution in [-0.2, 0) is 4.79 Å². The normalized spacial score (nSPS) is 43.9. The molecule has 0 spiro atoms. The van der Waals surface area contributed by atoms with E-state index >= 15 is 0 Å². The first-order valence-corrected chi connectivity index (χ1v) is 11.5. The van der Waals surface area contributed by atoms with Crippen molar-refractivity contribution in [2.45, 2.75) is 65.3 Å². The Morgan fingerprint density at radius 2 is 1.90 bits per heavy atom. The third-order valence-corrected chi connectivity index (χ3v) is 9.34. The lowest BCUT2D eigenvalue weighted by Gasteiger charge is -2.59. The van der Waals surface area contributed by atoms with E-state index < -0.39 is 0 Å². The van der Waals surface area contributed by atoms with E-state index in [0.29, 0.717) is 23.3 Å². The third kappa shape index (κ3) is 2.92. The molecule has 0 saturated heterocycles. The molecule has 1 amide bonds. The van der Waals surface area contributed by atoms with Gasteiger partial charge in [-0.2, -0.15) is 0 Å². The zero-order valence-electron chi connectivity index (χ0n) is 18.0. The Morgan fingerprint density at radius 3 is 2.69 bits per heavy atom. The number of hydrogen-bond acceptors (Lipinski definition) is 2. The lowest BCUT2D eigenvalue weighted by atomic mass is 9.47. The molecule has 0 unspecified atom stereocenters. The van der Waals surface area contributed by atoms with E-state index in [4.69, 9.17) is 0 Å². The van der Waals surface area contributed by atoms with Crippen molar-refractivity contribution < 1.29 is 4.79 Å². The van der Waals surface area contributed by atoms with Crippen molar-refractivity contribution in [3.05, 3.63) is 47.8 Å². The van der Waals surface area contributed by atoms with Crippen molar-refractivity contribution >= 4 is 12.0 Å². The van der Waals surface area contributed by atoms with Crippen LogP contribution < -0.4 is 5.32 Å². The number of nitrogens with one attached hydrogen (secondary N) is 1. The molecular formula is C26H34N2O. The largest absolute Gasteiger partial charge is 0.349 e. The molecule has 0 radical (unpaired) electrons. The smallest absolute Gasteiger partial charge is 0.243 e. The summed E-state index contributed by atoms with van der Waals surface area (Å²) in [6.45, 7) is 7.35. The molecule has 1 aliphatic heterocycles. The Labute approximate surface area is 175 Å². The maximum atomic E-state index is 11.9. The number of aromatic nitrogens is 1. The van der Waals surface area contributed by atoms with Crippen molar-refractivity contribution in [1.29, 1.82) is 0 Å². The van der Waals surface area contributed by atoms with Gasteiger partial charge in [0.25, 0.3) is 0 Å². The van der Waals surface area contributed by atoms with Gasteiger partial charge in [0.05, 0.1) is 0 Å². The number of pyridine rings is 1. The Balaban J connectivity index is 1.42. The van der Waals surface area contributed by atoms with Gasteiger partial charge in [-0.25, -0.2) is 0 Å². The molecule has 3 heteroatoms. The predicted octanol–water partition coefficient (Wildman–Crippen LogP) is 5.40. The second-order valence-electron chi connectivity index (χ2n) is 10.6. The highest BCUT2D eigenvalue weighted by molar-refractivity contribution is 5.89. The van der Waals surface area contributed by atoms with Crippen LogP contribution in [0.25, 0.3) is 6.08 Å². The minimum Gasteiger partial charge on any atom is -0.349 e. The Bertz CT molecular complexity index is 859. The number of hydrogen-bond donors (Lipinski definition) is 1. The van der Waals surface area contributed by atoms with Gasteiger partial charge >= 0.3 is 0 Å². The van der Waals surface area contributed by atoms with Gasteiger partial charge in [0, 0.05) is 23.9 Å². The molecule has 154 valence electrons. The van der Waals surface area contributed by atoms with Gasteiger partial charge in [0.1, 0.15) is 0 Å². The van der Waals surface area contributed by atoms with E-state index in [1.807, 2.05) is 12.4 Å². The van der Waals surface area contributed by atoms with Crippen molar-refractivity contribution in [1.82, 2.24) is 10.3 Å². The van der Waals surface area contributed by atoms with Crippen LogP contribution >= 0.6 is 0 Å². The van der Waals surface area contributed by atoms with Gasteiger partial charge in [0.2, 0.25) is 5.91 Å². The van der Waals surface area contributed by atoms with Gasteiger partial charge in [-0.1, -0.05) is 31.6 Å². The predicted molar refractivity (Wildman–Crippen MR) is 117 cm³/mol. The van der Waals surface area contributed by atoms with Crippen molar-refractivity contribution in [2.75, 3.05) is 0 Å². The first-order chi connectivity index (χ1) is 13.9. The van der Waals surface area contributed by atoms with Crippen molar-refractivity contribution in [2.24, 2.45) is 34.5 Å². The van der Waals surface area contributed by atoms with Crippen LogP contribution in [0.1, 0.15) is 64.9 Å². The van der Waals surface area contributed by atoms with Gasteiger partial charge in [-0.15, -0.1) is 0 Å². The summed E-state index contributed by atoms with van der Waals surface area (Å²) in [5.74, 6) is 3.11. The van der Waals surface area contributed by atoms with Crippen LogP contribution in [0.2, 0.25) is 0 Å². The molecule has 1 aromatic heterocycles. The SMILES string of the molecule is CC(=Cc1ccncc1)[C@H]1CC[C@H]2[C@@H]3CC[C@H]4NC(=O)C=C[C@]4(C)[C@H]3CC[C@]12C. The van der Waals surface area contributed by atoms with Gasteiger partial charge < -0.3 is 5.32 Å². The first-order valence-electron chi connectivity index (χ1n) is 11.5. The highest BCUT2D eigenvalue weighted by atomic mass is 16.1. The zero-order valence-corrected chi connectivity index (χ0v) is 18.0. The molecule has 2 heterocycles. The fourth-order valence-corrected chi connectivity index (χ4v) is 7.90. The standard InChI is InChI=1S/C26H34N2O/c1-17(16-18-10-14-27-15-11-18)20-5-6-21-19-4-7-23-26(3,13-9-24(29)28-23)22(19)8-12-25(20,21)2/h9-11,13-16,19-23H,4-8,12H2,1-3H3,(H,28,29)/t19-,20+,21-,22-,23+,25+,26+/m0/s1. The number of fused-ring (bicyclic) bond motifs is 5. The van der Waals surface area contributed by atoms with Crippen molar-refractivity contribution in [3.63, 3.8) is 0 Å². The Kier molecular flexibility index (Phi) is 4.49. The molecule has 0 bridgehead atoms. The molecule has 5 rings (SSSR count). The van der Waals surface area contributed by atoms with E-state index in [1.54, 1.807) is 11.6 Å². The van der Waals surface area contributed by atoms with Crippen molar-refractivity contribution in [3.8, 4) is 0 Å². The van der Waals surface area contributed by atoms with Gasteiger partial charge in [-0.05, 0) is 98.3 Å². The molecular weight excluding hydrogens is 356 g/mol. The first kappa shape index (κ1) is 19.1. The quantitative estimate of drug-likeness (QED) is 0.735. The van der Waals surface area contributed by atoms with Gasteiger partial charge in [0.15, 0.2) is 0 Å². The van der Waals surface area contributed by atoms with E-state index in [9.17, 15) is 4.79 Å². The topological polar surface area (TPSA) is 42.0 Å². The number of amides is 1. The molecule has 3 saturated carbocycles. The Hall–Kier alpha value is -1.90. The summed E-state index contributed by atoms with van der Waals surface area (Å²) in [7, 11) is 0. The highest BCUT2D eigenvalue weighted by Crippen LogP contribution is 2.66. The highest BCUT2D eigenvalue weighted by Gasteiger charge is 2.59. The minimum atomic E-state index is 0.101. The summed E-state index contributed by atoms with van der Waals surface area (Å²) < 4.78 is 0. The molecule has 3 fully saturated rings. The van der Waals surface area contributed by atoms with Crippen LogP contribution in [0, 0.1) is 34.5 Å². The van der Waals surface area contributed by atoms with E-state index in [2.05, 4.69) is 55.4 Å². The molecule has 3 nitrogen and oxygen atoms in total. The summed E-state index contributed by atoms with van der Waals surface area (Å²) in [5.41, 5.74) is 3.37. The lowest BCUT2D eigenvalue weighted by molar-refractivity contribution is -0.122. The monoisotopic (exact) mass is 390 g/mol. The summed E-state index contributed by atoms with van der Waals surface area (Å²) >= 11 is 0. The number of allylic oxidation sites excluding steroid dienone is 1. The second-order valence-corrected chi connectivity index (χ2v) is 10.6. The molecule has 4 aliphatic rings. The summed E-state index contributed by atoms with van der Waals surface area (Å²) in [6.07, 6.45) is 17.9. The van der Waals surface area contributed by atoms with Gasteiger partial charge in [-0.3, -0.25) is 9.78 Å². The summed E-state index contributed by atoms with van der Waals surface area (Å²) in [4.78, 5) is 16.1. The number of nitrogens with zero attached hydrogens (tertiary/aromatic N) is 1. The second kappa shape index (κ2) is 6.82. The Morgan fingerprint density at radius 1 is 1.10 bits per heavy atom. The van der Waals surface area contributed by atoms with Crippen LogP contribution in [0.4, 0.5) is 0 Å².